The van der Waals surface area contributed by atoms with Crippen molar-refractivity contribution in [1.82, 2.24) is 29.4 Å². The predicted octanol–water partition coefficient (Wildman–Crippen LogP) is 3.31. The number of para-hydroxylation sites is 1. The Kier molecular flexibility index (Phi) is 5.28. The number of aliphatic hydroxyl groups is 1. The number of nitrogen functional groups attached to an aromatic ring is 1. The summed E-state index contributed by atoms with van der Waals surface area (Å²) in [6, 6.07) is 5.79. The molecule has 1 saturated carbocycles. The van der Waals surface area contributed by atoms with E-state index in [0.29, 0.717) is 22.9 Å². The summed E-state index contributed by atoms with van der Waals surface area (Å²) >= 11 is 0. The van der Waals surface area contributed by atoms with E-state index in [1.807, 2.05) is 36.0 Å². The Bertz CT molecular complexity index is 1380. The van der Waals surface area contributed by atoms with Gasteiger partial charge < -0.3 is 20.5 Å². The first-order chi connectivity index (χ1) is 16.9. The second-order valence-corrected chi connectivity index (χ2v) is 10.1. The third-order valence-electron chi connectivity index (χ3n) is 7.71. The summed E-state index contributed by atoms with van der Waals surface area (Å²) in [4.78, 5) is 11.8. The van der Waals surface area contributed by atoms with Crippen molar-refractivity contribution >= 4 is 28.2 Å². The van der Waals surface area contributed by atoms with Crippen LogP contribution in [0.2, 0.25) is 0 Å². The second kappa shape index (κ2) is 8.37. The van der Waals surface area contributed by atoms with E-state index >= 15 is 0 Å². The fourth-order valence-electron chi connectivity index (χ4n) is 5.78. The smallest absolute Gasteiger partial charge is 0.223 e. The average Bonchev–Trinajstić information content (AvgIpc) is 3.52. The van der Waals surface area contributed by atoms with Crippen LogP contribution < -0.4 is 15.4 Å². The molecule has 1 aromatic carbocycles. The van der Waals surface area contributed by atoms with Crippen LogP contribution in [0.4, 0.5) is 11.6 Å². The number of nitrogens with two attached hydrogens (primary N) is 1. The summed E-state index contributed by atoms with van der Waals surface area (Å²) in [5.74, 6) is 1.91. The lowest BCUT2D eigenvalue weighted by molar-refractivity contribution is -0.0292. The number of benzene rings is 1. The number of aromatic nitrogens is 6. The standard InChI is InChI=1S/C25H32N8O2/c1-25(34)11-4-3-10-20(25)32-15-17(13-27-32)31-12-6-7-16(14-31)22-29-23-18-8-5-9-19(35-2)21(18)28-24(26)33(23)30-22/h5,8-9,13,15-16,20,34H,3-4,6-7,10-12,14H2,1-2H3,(H2,26,28)/t16-,20-,25+/m1/s1. The number of hydrogen-bond acceptors (Lipinski definition) is 8. The van der Waals surface area contributed by atoms with Gasteiger partial charge in [-0.3, -0.25) is 4.68 Å². The van der Waals surface area contributed by atoms with Crippen molar-refractivity contribution in [1.29, 1.82) is 0 Å². The Morgan fingerprint density at radius 1 is 1.17 bits per heavy atom. The van der Waals surface area contributed by atoms with Crippen molar-refractivity contribution in [3.05, 3.63) is 36.4 Å². The fourth-order valence-corrected chi connectivity index (χ4v) is 5.78. The van der Waals surface area contributed by atoms with E-state index in [2.05, 4.69) is 21.2 Å². The minimum Gasteiger partial charge on any atom is -0.494 e. The first-order valence-corrected chi connectivity index (χ1v) is 12.4. The predicted molar refractivity (Wildman–Crippen MR) is 134 cm³/mol. The monoisotopic (exact) mass is 476 g/mol. The third kappa shape index (κ3) is 3.76. The van der Waals surface area contributed by atoms with Crippen LogP contribution in [-0.4, -0.2) is 60.3 Å². The number of hydrogen-bond donors (Lipinski definition) is 2. The van der Waals surface area contributed by atoms with Crippen molar-refractivity contribution in [2.45, 2.75) is 63.0 Å². The zero-order valence-corrected chi connectivity index (χ0v) is 20.3. The Hall–Kier alpha value is -3.40. The molecule has 0 amide bonds. The summed E-state index contributed by atoms with van der Waals surface area (Å²) in [5.41, 5.74) is 8.01. The minimum absolute atomic E-state index is 0.0199. The highest BCUT2D eigenvalue weighted by atomic mass is 16.5. The molecule has 0 unspecified atom stereocenters. The van der Waals surface area contributed by atoms with Crippen molar-refractivity contribution in [2.24, 2.45) is 0 Å². The Morgan fingerprint density at radius 2 is 2.06 bits per heavy atom. The van der Waals surface area contributed by atoms with E-state index in [-0.39, 0.29) is 12.0 Å². The van der Waals surface area contributed by atoms with E-state index in [0.717, 1.165) is 68.5 Å². The molecule has 2 fully saturated rings. The molecule has 0 spiro atoms. The van der Waals surface area contributed by atoms with Gasteiger partial charge in [0.25, 0.3) is 0 Å². The summed E-state index contributed by atoms with van der Waals surface area (Å²) in [6.45, 7) is 3.70. The molecular formula is C25H32N8O2. The van der Waals surface area contributed by atoms with Gasteiger partial charge >= 0.3 is 0 Å². The summed E-state index contributed by atoms with van der Waals surface area (Å²) in [6.07, 6.45) is 10.0. The number of piperidine rings is 1. The van der Waals surface area contributed by atoms with Gasteiger partial charge in [0.15, 0.2) is 11.5 Å². The van der Waals surface area contributed by atoms with Gasteiger partial charge in [-0.05, 0) is 44.7 Å². The fraction of sp³-hybridized carbons (Fsp3) is 0.520. The molecule has 4 heterocycles. The summed E-state index contributed by atoms with van der Waals surface area (Å²) < 4.78 is 9.07. The molecule has 35 heavy (non-hydrogen) atoms. The molecule has 0 bridgehead atoms. The van der Waals surface area contributed by atoms with Crippen molar-refractivity contribution in [3.8, 4) is 5.75 Å². The number of fused-ring (bicyclic) bond motifs is 3. The van der Waals surface area contributed by atoms with E-state index in [4.69, 9.17) is 20.6 Å². The maximum Gasteiger partial charge on any atom is 0.223 e. The van der Waals surface area contributed by atoms with Gasteiger partial charge in [0, 0.05) is 30.6 Å². The zero-order chi connectivity index (χ0) is 24.2. The molecular weight excluding hydrogens is 444 g/mol. The van der Waals surface area contributed by atoms with Gasteiger partial charge in [0.1, 0.15) is 11.3 Å². The number of rotatable bonds is 4. The van der Waals surface area contributed by atoms with E-state index in [1.54, 1.807) is 11.6 Å². The molecule has 0 radical (unpaired) electrons. The maximum atomic E-state index is 10.9. The molecule has 3 N–H and O–H groups in total. The molecule has 2 aliphatic rings. The Morgan fingerprint density at radius 3 is 2.89 bits per heavy atom. The first kappa shape index (κ1) is 22.1. The van der Waals surface area contributed by atoms with Gasteiger partial charge in [-0.2, -0.15) is 9.61 Å². The van der Waals surface area contributed by atoms with Gasteiger partial charge in [-0.15, -0.1) is 5.10 Å². The highest BCUT2D eigenvalue weighted by Crippen LogP contribution is 2.38. The van der Waals surface area contributed by atoms with E-state index < -0.39 is 5.60 Å². The van der Waals surface area contributed by atoms with Crippen LogP contribution in [0.3, 0.4) is 0 Å². The molecule has 10 nitrogen and oxygen atoms in total. The molecule has 1 aliphatic carbocycles. The maximum absolute atomic E-state index is 10.9. The van der Waals surface area contributed by atoms with Crippen molar-refractivity contribution in [3.63, 3.8) is 0 Å². The lowest BCUT2D eigenvalue weighted by atomic mass is 9.82. The van der Waals surface area contributed by atoms with Gasteiger partial charge in [0.05, 0.1) is 30.6 Å². The SMILES string of the molecule is COc1cccc2c1nc(N)n1nc([C@@H]3CCCN(c4cnn([C@@H]5CCCC[C@]5(C)O)c4)C3)nc21. The van der Waals surface area contributed by atoms with Gasteiger partial charge in [-0.25, -0.2) is 9.97 Å². The largest absolute Gasteiger partial charge is 0.494 e. The van der Waals surface area contributed by atoms with Gasteiger partial charge in [-0.1, -0.05) is 18.9 Å². The lowest BCUT2D eigenvalue weighted by Crippen LogP contribution is -2.39. The first-order valence-electron chi connectivity index (χ1n) is 12.4. The summed E-state index contributed by atoms with van der Waals surface area (Å²) in [5, 5.41) is 21.2. The average molecular weight is 477 g/mol. The number of anilines is 2. The van der Waals surface area contributed by atoms with E-state index in [1.165, 1.54) is 0 Å². The molecule has 1 aliphatic heterocycles. The van der Waals surface area contributed by atoms with Gasteiger partial charge in [0.2, 0.25) is 5.95 Å². The normalized spacial score (nSPS) is 25.4. The van der Waals surface area contributed by atoms with E-state index in [9.17, 15) is 5.11 Å². The molecule has 6 rings (SSSR count). The molecule has 3 aromatic heterocycles. The lowest BCUT2D eigenvalue weighted by Gasteiger charge is -2.37. The van der Waals surface area contributed by atoms with Crippen LogP contribution in [-0.2, 0) is 0 Å². The van der Waals surface area contributed by atoms with Crippen LogP contribution in [0.15, 0.2) is 30.6 Å². The molecule has 184 valence electrons. The number of ether oxygens (including phenoxy) is 1. The third-order valence-corrected chi connectivity index (χ3v) is 7.71. The minimum atomic E-state index is -0.716. The van der Waals surface area contributed by atoms with Crippen LogP contribution in [0.5, 0.6) is 5.75 Å². The van der Waals surface area contributed by atoms with Crippen LogP contribution in [0.25, 0.3) is 16.6 Å². The number of nitrogens with zero attached hydrogens (tertiary/aromatic N) is 7. The quantitative estimate of drug-likeness (QED) is 0.460. The molecule has 1 saturated heterocycles. The van der Waals surface area contributed by atoms with Crippen LogP contribution >= 0.6 is 0 Å². The summed E-state index contributed by atoms with van der Waals surface area (Å²) in [7, 11) is 1.63. The molecule has 3 atom stereocenters. The Balaban J connectivity index is 1.29. The second-order valence-electron chi connectivity index (χ2n) is 10.1. The molecule has 10 heteroatoms. The van der Waals surface area contributed by atoms with Crippen LogP contribution in [0.1, 0.15) is 63.2 Å². The zero-order valence-electron chi connectivity index (χ0n) is 20.3. The van der Waals surface area contributed by atoms with Crippen molar-refractivity contribution in [2.75, 3.05) is 30.8 Å². The molecule has 4 aromatic rings. The van der Waals surface area contributed by atoms with Crippen LogP contribution in [0, 0.1) is 0 Å². The van der Waals surface area contributed by atoms with Crippen molar-refractivity contribution < 1.29 is 9.84 Å². The number of methoxy groups -OCH3 is 1. The highest BCUT2D eigenvalue weighted by Gasteiger charge is 2.36. The Labute approximate surface area is 203 Å². The highest BCUT2D eigenvalue weighted by molar-refractivity contribution is 5.95. The topological polar surface area (TPSA) is 120 Å².